The fourth-order valence-electron chi connectivity index (χ4n) is 3.39. The van der Waals surface area contributed by atoms with E-state index in [1.807, 2.05) is 43.0 Å². The van der Waals surface area contributed by atoms with Crippen LogP contribution in [0.3, 0.4) is 0 Å². The minimum atomic E-state index is -0.00236. The van der Waals surface area contributed by atoms with Gasteiger partial charge < -0.3 is 14.2 Å². The van der Waals surface area contributed by atoms with E-state index < -0.39 is 0 Å². The van der Waals surface area contributed by atoms with Gasteiger partial charge in [-0.25, -0.2) is 4.98 Å². The van der Waals surface area contributed by atoms with Crippen molar-refractivity contribution < 1.29 is 14.1 Å². The molecule has 1 amide bonds. The molecular weight excluding hydrogens is 382 g/mol. The molecule has 156 valence electrons. The van der Waals surface area contributed by atoms with Gasteiger partial charge in [-0.1, -0.05) is 35.0 Å². The lowest BCUT2D eigenvalue weighted by molar-refractivity contribution is 0.0614. The van der Waals surface area contributed by atoms with Crippen LogP contribution in [0.2, 0.25) is 0 Å². The highest BCUT2D eigenvalue weighted by Gasteiger charge is 2.24. The number of amides is 1. The minimum Gasteiger partial charge on any atom is -0.478 e. The lowest BCUT2D eigenvalue weighted by Crippen LogP contribution is -2.48. The van der Waals surface area contributed by atoms with Gasteiger partial charge >= 0.3 is 0 Å². The monoisotopic (exact) mass is 407 g/mol. The molecule has 0 atom stereocenters. The van der Waals surface area contributed by atoms with E-state index in [2.05, 4.69) is 20.0 Å². The van der Waals surface area contributed by atoms with Gasteiger partial charge in [0.1, 0.15) is 0 Å². The molecule has 0 N–H and O–H groups in total. The van der Waals surface area contributed by atoms with Gasteiger partial charge in [-0.3, -0.25) is 9.69 Å². The van der Waals surface area contributed by atoms with Crippen molar-refractivity contribution >= 4 is 5.91 Å². The van der Waals surface area contributed by atoms with Gasteiger partial charge in [0.2, 0.25) is 17.6 Å². The van der Waals surface area contributed by atoms with Crippen molar-refractivity contribution in [2.45, 2.75) is 20.4 Å². The van der Waals surface area contributed by atoms with Crippen LogP contribution in [0.5, 0.6) is 5.88 Å². The van der Waals surface area contributed by atoms with Crippen LogP contribution in [0.4, 0.5) is 0 Å². The summed E-state index contributed by atoms with van der Waals surface area (Å²) in [4.78, 5) is 25.5. The molecule has 1 aliphatic rings. The minimum absolute atomic E-state index is 0.00236. The quantitative estimate of drug-likeness (QED) is 0.621. The SMILES string of the molecule is CCOc1cc(C(=O)N2CCN(Cc3nc(-c4ccc(C)cc4)no3)CC2)ccn1. The highest BCUT2D eigenvalue weighted by molar-refractivity contribution is 5.94. The molecule has 1 fully saturated rings. The van der Waals surface area contributed by atoms with Gasteiger partial charge in [-0.15, -0.1) is 0 Å². The first kappa shape index (κ1) is 20.0. The van der Waals surface area contributed by atoms with Gasteiger partial charge in [0.25, 0.3) is 5.91 Å². The molecular formula is C22H25N5O3. The zero-order chi connectivity index (χ0) is 20.9. The summed E-state index contributed by atoms with van der Waals surface area (Å²) in [7, 11) is 0. The third kappa shape index (κ3) is 4.65. The largest absolute Gasteiger partial charge is 0.478 e. The number of rotatable bonds is 6. The summed E-state index contributed by atoms with van der Waals surface area (Å²) in [5.74, 6) is 1.66. The Balaban J connectivity index is 1.32. The Morgan fingerprint density at radius 1 is 1.13 bits per heavy atom. The van der Waals surface area contributed by atoms with Crippen molar-refractivity contribution in [3.63, 3.8) is 0 Å². The molecule has 2 aromatic heterocycles. The van der Waals surface area contributed by atoms with Gasteiger partial charge in [-0.2, -0.15) is 4.98 Å². The lowest BCUT2D eigenvalue weighted by atomic mass is 10.1. The van der Waals surface area contributed by atoms with Crippen molar-refractivity contribution in [3.05, 3.63) is 59.6 Å². The molecule has 1 aliphatic heterocycles. The van der Waals surface area contributed by atoms with Crippen LogP contribution < -0.4 is 4.74 Å². The van der Waals surface area contributed by atoms with Crippen molar-refractivity contribution in [3.8, 4) is 17.3 Å². The van der Waals surface area contributed by atoms with Crippen molar-refractivity contribution in [2.24, 2.45) is 0 Å². The van der Waals surface area contributed by atoms with E-state index in [4.69, 9.17) is 9.26 Å². The Labute approximate surface area is 175 Å². The standard InChI is InChI=1S/C22H25N5O3/c1-3-29-19-14-18(8-9-23-19)22(28)27-12-10-26(11-13-27)15-20-24-21(25-30-20)17-6-4-16(2)5-7-17/h4-9,14H,3,10-13,15H2,1-2H3. The molecule has 0 aliphatic carbocycles. The van der Waals surface area contributed by atoms with Crippen LogP contribution in [0.1, 0.15) is 28.7 Å². The summed E-state index contributed by atoms with van der Waals surface area (Å²) < 4.78 is 10.8. The van der Waals surface area contributed by atoms with Crippen molar-refractivity contribution in [1.82, 2.24) is 24.9 Å². The summed E-state index contributed by atoms with van der Waals surface area (Å²) in [5.41, 5.74) is 2.73. The number of ether oxygens (including phenoxy) is 1. The van der Waals surface area contributed by atoms with Crippen LogP contribution >= 0.6 is 0 Å². The number of hydrogen-bond donors (Lipinski definition) is 0. The van der Waals surface area contributed by atoms with E-state index in [1.54, 1.807) is 18.3 Å². The highest BCUT2D eigenvalue weighted by Crippen LogP contribution is 2.18. The fourth-order valence-corrected chi connectivity index (χ4v) is 3.39. The highest BCUT2D eigenvalue weighted by atomic mass is 16.5. The summed E-state index contributed by atoms with van der Waals surface area (Å²) >= 11 is 0. The van der Waals surface area contributed by atoms with E-state index in [0.29, 0.717) is 49.4 Å². The second-order valence-corrected chi connectivity index (χ2v) is 7.26. The summed E-state index contributed by atoms with van der Waals surface area (Å²) in [6.45, 7) is 7.81. The molecule has 8 nitrogen and oxygen atoms in total. The summed E-state index contributed by atoms with van der Waals surface area (Å²) in [6, 6.07) is 11.5. The molecule has 8 heteroatoms. The van der Waals surface area contributed by atoms with E-state index in [1.165, 1.54) is 5.56 Å². The number of hydrogen-bond acceptors (Lipinski definition) is 7. The number of benzene rings is 1. The average molecular weight is 407 g/mol. The summed E-state index contributed by atoms with van der Waals surface area (Å²) in [5, 5.41) is 4.09. The maximum atomic E-state index is 12.8. The molecule has 0 saturated carbocycles. The van der Waals surface area contributed by atoms with Crippen molar-refractivity contribution in [1.29, 1.82) is 0 Å². The second kappa shape index (κ2) is 9.04. The zero-order valence-corrected chi connectivity index (χ0v) is 17.2. The first-order chi connectivity index (χ1) is 14.6. The molecule has 3 heterocycles. The predicted octanol–water partition coefficient (Wildman–Crippen LogP) is 2.80. The second-order valence-electron chi connectivity index (χ2n) is 7.26. The average Bonchev–Trinajstić information content (AvgIpc) is 3.23. The van der Waals surface area contributed by atoms with Crippen LogP contribution in [0.25, 0.3) is 11.4 Å². The number of piperazine rings is 1. The maximum absolute atomic E-state index is 12.8. The fraction of sp³-hybridized carbons (Fsp3) is 0.364. The number of aryl methyl sites for hydroxylation is 1. The maximum Gasteiger partial charge on any atom is 0.254 e. The Bertz CT molecular complexity index is 994. The number of aromatic nitrogens is 3. The molecule has 0 unspecified atom stereocenters. The molecule has 0 bridgehead atoms. The van der Waals surface area contributed by atoms with Crippen LogP contribution in [-0.2, 0) is 6.54 Å². The topological polar surface area (TPSA) is 84.6 Å². The van der Waals surface area contributed by atoms with Crippen LogP contribution in [-0.4, -0.2) is 63.6 Å². The zero-order valence-electron chi connectivity index (χ0n) is 17.2. The normalized spacial score (nSPS) is 14.7. The van der Waals surface area contributed by atoms with Gasteiger partial charge in [0.15, 0.2) is 0 Å². The third-order valence-corrected chi connectivity index (χ3v) is 5.07. The predicted molar refractivity (Wildman–Crippen MR) is 111 cm³/mol. The van der Waals surface area contributed by atoms with Gasteiger partial charge in [-0.05, 0) is 19.9 Å². The smallest absolute Gasteiger partial charge is 0.254 e. The number of carbonyl (C=O) groups excluding carboxylic acids is 1. The Morgan fingerprint density at radius 3 is 2.63 bits per heavy atom. The van der Waals surface area contributed by atoms with Crippen LogP contribution in [0.15, 0.2) is 47.1 Å². The van der Waals surface area contributed by atoms with Crippen molar-refractivity contribution in [2.75, 3.05) is 32.8 Å². The van der Waals surface area contributed by atoms with E-state index in [0.717, 1.165) is 18.7 Å². The first-order valence-electron chi connectivity index (χ1n) is 10.1. The van der Waals surface area contributed by atoms with Gasteiger partial charge in [0, 0.05) is 49.6 Å². The van der Waals surface area contributed by atoms with Gasteiger partial charge in [0.05, 0.1) is 13.2 Å². The molecule has 4 rings (SSSR count). The van der Waals surface area contributed by atoms with Crippen LogP contribution in [0, 0.1) is 6.92 Å². The summed E-state index contributed by atoms with van der Waals surface area (Å²) in [6.07, 6.45) is 1.61. The molecule has 0 radical (unpaired) electrons. The molecule has 0 spiro atoms. The molecule has 1 saturated heterocycles. The number of carbonyl (C=O) groups is 1. The van der Waals surface area contributed by atoms with E-state index in [-0.39, 0.29) is 5.91 Å². The van der Waals surface area contributed by atoms with E-state index in [9.17, 15) is 4.79 Å². The molecule has 3 aromatic rings. The Kier molecular flexibility index (Phi) is 6.04. The Hall–Kier alpha value is -3.26. The Morgan fingerprint density at radius 2 is 1.90 bits per heavy atom. The molecule has 1 aromatic carbocycles. The molecule has 30 heavy (non-hydrogen) atoms. The van der Waals surface area contributed by atoms with E-state index >= 15 is 0 Å². The third-order valence-electron chi connectivity index (χ3n) is 5.07. The first-order valence-corrected chi connectivity index (χ1v) is 10.1. The lowest BCUT2D eigenvalue weighted by Gasteiger charge is -2.34. The number of pyridine rings is 1. The number of nitrogens with zero attached hydrogens (tertiary/aromatic N) is 5.